The summed E-state index contributed by atoms with van der Waals surface area (Å²) in [4.78, 5) is 33.8. The molecule has 2 aliphatic rings. The fraction of sp³-hybridized carbons (Fsp3) is 0.931. The highest BCUT2D eigenvalue weighted by atomic mass is 32.2. The van der Waals surface area contributed by atoms with Gasteiger partial charge in [0, 0.05) is 102 Å². The number of piperazine rings is 2. The molecular weight excluding hydrogens is 560 g/mol. The number of nitrogens with one attached hydrogen (secondary N) is 2. The topological polar surface area (TPSA) is 89.6 Å². The van der Waals surface area contributed by atoms with Crippen LogP contribution < -0.4 is 10.6 Å². The van der Waals surface area contributed by atoms with E-state index in [9.17, 15) is 9.59 Å². The second-order valence-electron chi connectivity index (χ2n) is 12.8. The van der Waals surface area contributed by atoms with Gasteiger partial charge >= 0.3 is 12.2 Å². The summed E-state index contributed by atoms with van der Waals surface area (Å²) in [6, 6.07) is 0. The van der Waals surface area contributed by atoms with Crippen LogP contribution in [0.2, 0.25) is 0 Å². The van der Waals surface area contributed by atoms with Crippen molar-refractivity contribution in [3.05, 3.63) is 0 Å². The van der Waals surface area contributed by atoms with Crippen molar-refractivity contribution in [3.8, 4) is 0 Å². The van der Waals surface area contributed by atoms with Crippen LogP contribution in [0.1, 0.15) is 48.0 Å². The van der Waals surface area contributed by atoms with E-state index < -0.39 is 11.2 Å². The van der Waals surface area contributed by atoms with E-state index in [4.69, 9.17) is 9.47 Å². The van der Waals surface area contributed by atoms with Gasteiger partial charge in [0.25, 0.3) is 0 Å². The van der Waals surface area contributed by atoms with E-state index in [1.807, 2.05) is 65.1 Å². The maximum absolute atomic E-state index is 11.7. The summed E-state index contributed by atoms with van der Waals surface area (Å²) in [6.07, 6.45) is 0.542. The third-order valence-electron chi connectivity index (χ3n) is 6.81. The first kappa shape index (κ1) is 36.3. The summed E-state index contributed by atoms with van der Waals surface area (Å²) >= 11 is 3.79. The Morgan fingerprint density at radius 3 is 1.34 bits per heavy atom. The Morgan fingerprint density at radius 1 is 0.561 bits per heavy atom. The highest BCUT2D eigenvalue weighted by molar-refractivity contribution is 7.99. The van der Waals surface area contributed by atoms with Crippen LogP contribution in [0.3, 0.4) is 0 Å². The van der Waals surface area contributed by atoms with E-state index in [-0.39, 0.29) is 12.2 Å². The molecule has 0 atom stereocenters. The Hall–Kier alpha value is -0.920. The Labute approximate surface area is 258 Å². The van der Waals surface area contributed by atoms with Crippen molar-refractivity contribution >= 4 is 35.7 Å². The molecule has 41 heavy (non-hydrogen) atoms. The first-order valence-electron chi connectivity index (χ1n) is 15.4. The van der Waals surface area contributed by atoms with Crippen molar-refractivity contribution in [3.63, 3.8) is 0 Å². The molecule has 0 unspecified atom stereocenters. The molecule has 2 fully saturated rings. The lowest BCUT2D eigenvalue weighted by Crippen LogP contribution is -2.51. The molecule has 240 valence electrons. The molecule has 0 spiro atoms. The predicted molar refractivity (Wildman–Crippen MR) is 174 cm³/mol. The van der Waals surface area contributed by atoms with E-state index in [0.717, 1.165) is 55.7 Å². The number of alkyl carbamates (subject to hydrolysis) is 2. The first-order chi connectivity index (χ1) is 19.4. The molecule has 0 aromatic heterocycles. The van der Waals surface area contributed by atoms with Crippen LogP contribution in [0, 0.1) is 0 Å². The minimum atomic E-state index is -0.444. The smallest absolute Gasteiger partial charge is 0.407 e. The largest absolute Gasteiger partial charge is 0.444 e. The van der Waals surface area contributed by atoms with Crippen molar-refractivity contribution in [1.82, 2.24) is 30.2 Å². The van der Waals surface area contributed by atoms with E-state index >= 15 is 0 Å². The fourth-order valence-electron chi connectivity index (χ4n) is 4.62. The highest BCUT2D eigenvalue weighted by Crippen LogP contribution is 2.10. The SMILES string of the molecule is CC(C)(C)OC(=O)NCCSCCCN1CCN(CCN2CCN(CCSCCNC(=O)OC(C)(C)C)CC2)CC1. The first-order valence-corrected chi connectivity index (χ1v) is 17.7. The van der Waals surface area contributed by atoms with Crippen LogP contribution in [0.25, 0.3) is 0 Å². The van der Waals surface area contributed by atoms with Crippen molar-refractivity contribution in [2.45, 2.75) is 59.2 Å². The summed E-state index contributed by atoms with van der Waals surface area (Å²) in [5.41, 5.74) is -0.885. The number of carbonyl (C=O) groups excluding carboxylic acids is 2. The monoisotopic (exact) mass is 618 g/mol. The zero-order valence-corrected chi connectivity index (χ0v) is 28.3. The zero-order valence-electron chi connectivity index (χ0n) is 26.7. The number of hydrogen-bond acceptors (Lipinski definition) is 10. The second-order valence-corrected chi connectivity index (χ2v) is 15.3. The van der Waals surface area contributed by atoms with Crippen molar-refractivity contribution in [1.29, 1.82) is 0 Å². The van der Waals surface area contributed by atoms with Crippen LogP contribution in [0.15, 0.2) is 0 Å². The predicted octanol–water partition coefficient (Wildman–Crippen LogP) is 3.13. The van der Waals surface area contributed by atoms with Gasteiger partial charge < -0.3 is 25.0 Å². The number of carbonyl (C=O) groups is 2. The quantitative estimate of drug-likeness (QED) is 0.252. The Kier molecular flexibility index (Phi) is 17.1. The van der Waals surface area contributed by atoms with Crippen LogP contribution in [-0.4, -0.2) is 158 Å². The fourth-order valence-corrected chi connectivity index (χ4v) is 6.24. The number of nitrogens with zero attached hydrogens (tertiary/aromatic N) is 4. The summed E-state index contributed by atoms with van der Waals surface area (Å²) < 4.78 is 10.5. The lowest BCUT2D eigenvalue weighted by molar-refractivity contribution is 0.0519. The molecule has 0 aromatic carbocycles. The lowest BCUT2D eigenvalue weighted by atomic mass is 10.2. The number of rotatable bonds is 16. The van der Waals surface area contributed by atoms with E-state index in [0.29, 0.717) is 13.1 Å². The minimum Gasteiger partial charge on any atom is -0.444 e. The van der Waals surface area contributed by atoms with Gasteiger partial charge in [-0.25, -0.2) is 9.59 Å². The van der Waals surface area contributed by atoms with E-state index in [1.165, 1.54) is 52.2 Å². The second kappa shape index (κ2) is 19.4. The van der Waals surface area contributed by atoms with Gasteiger partial charge in [-0.3, -0.25) is 14.7 Å². The molecule has 0 aromatic rings. The molecule has 0 radical (unpaired) electrons. The average Bonchev–Trinajstić information content (AvgIpc) is 2.88. The maximum atomic E-state index is 11.7. The zero-order chi connectivity index (χ0) is 30.1. The van der Waals surface area contributed by atoms with Gasteiger partial charge in [-0.2, -0.15) is 23.5 Å². The van der Waals surface area contributed by atoms with Crippen LogP contribution in [0.4, 0.5) is 9.59 Å². The molecule has 2 rings (SSSR count). The molecule has 2 aliphatic heterocycles. The molecular formula is C29H58N6O4S2. The maximum Gasteiger partial charge on any atom is 0.407 e. The molecule has 10 nitrogen and oxygen atoms in total. The van der Waals surface area contributed by atoms with Gasteiger partial charge in [-0.05, 0) is 60.3 Å². The van der Waals surface area contributed by atoms with Gasteiger partial charge in [-0.15, -0.1) is 0 Å². The van der Waals surface area contributed by atoms with Crippen LogP contribution in [0.5, 0.6) is 0 Å². The summed E-state index contributed by atoms with van der Waals surface area (Å²) in [7, 11) is 0. The van der Waals surface area contributed by atoms with Gasteiger partial charge in [0.1, 0.15) is 11.2 Å². The molecule has 2 amide bonds. The molecule has 0 saturated carbocycles. The van der Waals surface area contributed by atoms with Gasteiger partial charge in [0.15, 0.2) is 0 Å². The Balaban J connectivity index is 1.39. The molecule has 12 heteroatoms. The molecule has 2 heterocycles. The standard InChI is InChI=1S/C29H58N6O4S2/c1-28(2,3)38-26(36)30-8-23-40-22-7-10-32-11-13-33(14-12-32)15-16-34-17-19-35(20-18-34)21-25-41-24-9-31-27(37)39-29(4,5)6/h7-25H2,1-6H3,(H,30,36)(H,31,37). The lowest BCUT2D eigenvalue weighted by Gasteiger charge is -2.38. The molecule has 2 saturated heterocycles. The van der Waals surface area contributed by atoms with Gasteiger partial charge in [0.05, 0.1) is 0 Å². The van der Waals surface area contributed by atoms with Crippen molar-refractivity contribution in [2.24, 2.45) is 0 Å². The van der Waals surface area contributed by atoms with Crippen LogP contribution in [-0.2, 0) is 9.47 Å². The summed E-state index contributed by atoms with van der Waals surface area (Å²) in [5, 5.41) is 5.65. The third kappa shape index (κ3) is 19.1. The number of amides is 2. The molecule has 0 aliphatic carbocycles. The van der Waals surface area contributed by atoms with Crippen molar-refractivity contribution in [2.75, 3.05) is 115 Å². The van der Waals surface area contributed by atoms with E-state index in [1.54, 1.807) is 0 Å². The summed E-state index contributed by atoms with van der Waals surface area (Å²) in [6.45, 7) is 26.5. The average molecular weight is 619 g/mol. The Bertz CT molecular complexity index is 734. The third-order valence-corrected chi connectivity index (χ3v) is 8.84. The number of thioether (sulfide) groups is 2. The normalized spacial score (nSPS) is 18.3. The van der Waals surface area contributed by atoms with Gasteiger partial charge in [0.2, 0.25) is 0 Å². The summed E-state index contributed by atoms with van der Waals surface area (Å²) in [5.74, 6) is 4.08. The Morgan fingerprint density at radius 2 is 0.927 bits per heavy atom. The van der Waals surface area contributed by atoms with E-state index in [2.05, 4.69) is 30.2 Å². The molecule has 2 N–H and O–H groups in total. The minimum absolute atomic E-state index is 0.327. The number of hydrogen-bond donors (Lipinski definition) is 2. The van der Waals surface area contributed by atoms with Crippen LogP contribution >= 0.6 is 23.5 Å². The number of ether oxygens (including phenoxy) is 2. The van der Waals surface area contributed by atoms with Gasteiger partial charge in [-0.1, -0.05) is 0 Å². The molecule has 0 bridgehead atoms. The van der Waals surface area contributed by atoms with Crippen molar-refractivity contribution < 1.29 is 19.1 Å². The highest BCUT2D eigenvalue weighted by Gasteiger charge is 2.20.